The van der Waals surface area contributed by atoms with Crippen LogP contribution < -0.4 is 10.2 Å². The number of nitrogens with one attached hydrogen (secondary N) is 1. The van der Waals surface area contributed by atoms with Crippen molar-refractivity contribution >= 4 is 23.5 Å². The Labute approximate surface area is 168 Å². The van der Waals surface area contributed by atoms with Gasteiger partial charge in [-0.2, -0.15) is 0 Å². The number of amides is 2. The van der Waals surface area contributed by atoms with E-state index < -0.39 is 35.3 Å². The summed E-state index contributed by atoms with van der Waals surface area (Å²) in [7, 11) is 0. The van der Waals surface area contributed by atoms with Gasteiger partial charge in [0.2, 0.25) is 11.8 Å². The number of carboxylic acid groups (broad SMARTS) is 1. The Morgan fingerprint density at radius 2 is 1.83 bits per heavy atom. The molecule has 0 saturated carbocycles. The van der Waals surface area contributed by atoms with E-state index in [9.17, 15) is 19.5 Å². The molecule has 4 unspecified atom stereocenters. The quantitative estimate of drug-likeness (QED) is 0.757. The van der Waals surface area contributed by atoms with Crippen LogP contribution in [0.1, 0.15) is 32.0 Å². The average molecular weight is 393 g/mol. The van der Waals surface area contributed by atoms with Crippen LogP contribution in [0.5, 0.6) is 0 Å². The van der Waals surface area contributed by atoms with Crippen molar-refractivity contribution in [3.05, 3.63) is 60.4 Å². The fourth-order valence-corrected chi connectivity index (χ4v) is 4.76. The number of hydrogen-bond acceptors (Lipinski definition) is 5. The van der Waals surface area contributed by atoms with Crippen LogP contribution >= 0.6 is 0 Å². The van der Waals surface area contributed by atoms with E-state index in [1.807, 2.05) is 13.8 Å². The highest BCUT2D eigenvalue weighted by molar-refractivity contribution is 6.24. The predicted molar refractivity (Wildman–Crippen MR) is 106 cm³/mol. The molecule has 2 aromatic rings. The molecule has 2 saturated heterocycles. The highest BCUT2D eigenvalue weighted by Crippen LogP contribution is 2.51. The van der Waals surface area contributed by atoms with Gasteiger partial charge in [-0.25, -0.2) is 4.90 Å². The summed E-state index contributed by atoms with van der Waals surface area (Å²) in [6, 6.07) is 13.3. The van der Waals surface area contributed by atoms with Crippen LogP contribution in [0.3, 0.4) is 0 Å². The van der Waals surface area contributed by atoms with Gasteiger partial charge in [-0.15, -0.1) is 0 Å². The van der Waals surface area contributed by atoms with E-state index in [0.29, 0.717) is 11.4 Å². The van der Waals surface area contributed by atoms with E-state index in [1.165, 1.54) is 0 Å². The first-order valence-electron chi connectivity index (χ1n) is 9.71. The Morgan fingerprint density at radius 1 is 1.14 bits per heavy atom. The first-order chi connectivity index (χ1) is 13.9. The van der Waals surface area contributed by atoms with Gasteiger partial charge in [-0.1, -0.05) is 38.1 Å². The highest BCUT2D eigenvalue weighted by atomic mass is 16.4. The first-order valence-corrected chi connectivity index (χ1v) is 9.71. The lowest BCUT2D eigenvalue weighted by molar-refractivity contribution is -0.149. The summed E-state index contributed by atoms with van der Waals surface area (Å²) >= 11 is 0. The van der Waals surface area contributed by atoms with Crippen molar-refractivity contribution in [3.8, 4) is 0 Å². The Hall–Kier alpha value is -3.06. The fourth-order valence-electron chi connectivity index (χ4n) is 4.76. The third-order valence-electron chi connectivity index (χ3n) is 5.79. The van der Waals surface area contributed by atoms with Crippen LogP contribution in [0.25, 0.3) is 0 Å². The Balaban J connectivity index is 1.86. The maximum atomic E-state index is 13.5. The number of para-hydroxylation sites is 1. The molecule has 2 fully saturated rings. The molecule has 4 atom stereocenters. The zero-order valence-corrected chi connectivity index (χ0v) is 16.3. The number of nitrogens with zero attached hydrogens (tertiary/aromatic N) is 2. The Morgan fingerprint density at radius 3 is 2.41 bits per heavy atom. The molecule has 0 radical (unpaired) electrons. The molecular formula is C22H23N3O4. The Kier molecular flexibility index (Phi) is 4.70. The molecule has 0 aliphatic carbocycles. The summed E-state index contributed by atoms with van der Waals surface area (Å²) in [5.41, 5.74) is -0.511. The first kappa shape index (κ1) is 19.3. The molecule has 2 amide bonds. The molecule has 1 aromatic heterocycles. The summed E-state index contributed by atoms with van der Waals surface area (Å²) in [5, 5.41) is 13.4. The second kappa shape index (κ2) is 7.08. The van der Waals surface area contributed by atoms with Crippen LogP contribution in [0.4, 0.5) is 5.69 Å². The summed E-state index contributed by atoms with van der Waals surface area (Å²) in [6.07, 6.45) is 1.83. The smallest absolute Gasteiger partial charge is 0.324 e. The number of benzene rings is 1. The predicted octanol–water partition coefficient (Wildman–Crippen LogP) is 2.40. The molecule has 0 bridgehead atoms. The third kappa shape index (κ3) is 2.93. The second-order valence-electron chi connectivity index (χ2n) is 8.10. The number of aromatic nitrogens is 1. The number of rotatable bonds is 5. The maximum Gasteiger partial charge on any atom is 0.324 e. The minimum Gasteiger partial charge on any atom is -0.480 e. The average Bonchev–Trinajstić information content (AvgIpc) is 3.17. The number of carboxylic acids is 1. The van der Waals surface area contributed by atoms with Crippen molar-refractivity contribution in [2.75, 3.05) is 4.90 Å². The van der Waals surface area contributed by atoms with Gasteiger partial charge in [0, 0.05) is 6.20 Å². The largest absolute Gasteiger partial charge is 0.480 e. The van der Waals surface area contributed by atoms with Gasteiger partial charge >= 0.3 is 5.97 Å². The van der Waals surface area contributed by atoms with Crippen molar-refractivity contribution in [1.29, 1.82) is 0 Å². The molecule has 1 aromatic carbocycles. The van der Waals surface area contributed by atoms with Gasteiger partial charge in [0.1, 0.15) is 5.54 Å². The summed E-state index contributed by atoms with van der Waals surface area (Å²) in [5.74, 6) is -3.79. The molecule has 2 aliphatic rings. The van der Waals surface area contributed by atoms with Gasteiger partial charge in [0.05, 0.1) is 29.3 Å². The molecule has 0 spiro atoms. The zero-order chi connectivity index (χ0) is 20.8. The van der Waals surface area contributed by atoms with E-state index in [0.717, 1.165) is 4.90 Å². The van der Waals surface area contributed by atoms with Crippen molar-refractivity contribution in [2.45, 2.75) is 31.8 Å². The second-order valence-corrected chi connectivity index (χ2v) is 8.10. The standard InChI is InChI=1S/C22H23N3O4/c1-13(2)12-22(21(28)29)17-16(18(24-22)15-10-6-7-11-23-15)19(26)25(20(17)27)14-8-4-3-5-9-14/h3-11,13,16-18,24H,12H2,1-2H3,(H,28,29). The van der Waals surface area contributed by atoms with E-state index in [2.05, 4.69) is 10.3 Å². The summed E-state index contributed by atoms with van der Waals surface area (Å²) < 4.78 is 0. The number of pyridine rings is 1. The topological polar surface area (TPSA) is 99.6 Å². The summed E-state index contributed by atoms with van der Waals surface area (Å²) in [6.45, 7) is 3.82. The van der Waals surface area contributed by atoms with E-state index >= 15 is 0 Å². The van der Waals surface area contributed by atoms with Crippen molar-refractivity contribution in [3.63, 3.8) is 0 Å². The van der Waals surface area contributed by atoms with Crippen LogP contribution in [-0.4, -0.2) is 33.4 Å². The van der Waals surface area contributed by atoms with Crippen LogP contribution in [0, 0.1) is 17.8 Å². The monoisotopic (exact) mass is 393 g/mol. The molecule has 4 rings (SSSR count). The van der Waals surface area contributed by atoms with Gasteiger partial charge in [0.25, 0.3) is 0 Å². The molecule has 2 aliphatic heterocycles. The molecule has 150 valence electrons. The number of carbonyl (C=O) groups is 3. The van der Waals surface area contributed by atoms with Crippen molar-refractivity contribution in [1.82, 2.24) is 10.3 Å². The minimum absolute atomic E-state index is 0.00964. The fraction of sp³-hybridized carbons (Fsp3) is 0.364. The van der Waals surface area contributed by atoms with Gasteiger partial charge in [-0.3, -0.25) is 24.7 Å². The molecule has 7 nitrogen and oxygen atoms in total. The molecule has 7 heteroatoms. The number of anilines is 1. The number of carbonyl (C=O) groups excluding carboxylic acids is 2. The third-order valence-corrected chi connectivity index (χ3v) is 5.79. The minimum atomic E-state index is -1.53. The van der Waals surface area contributed by atoms with Gasteiger partial charge < -0.3 is 5.11 Å². The van der Waals surface area contributed by atoms with E-state index in [-0.39, 0.29) is 18.2 Å². The lowest BCUT2D eigenvalue weighted by Crippen LogP contribution is -2.56. The van der Waals surface area contributed by atoms with Crippen molar-refractivity contribution in [2.24, 2.45) is 17.8 Å². The number of aliphatic carboxylic acids is 1. The van der Waals surface area contributed by atoms with Crippen molar-refractivity contribution < 1.29 is 19.5 Å². The van der Waals surface area contributed by atoms with E-state index in [4.69, 9.17) is 0 Å². The molecular weight excluding hydrogens is 370 g/mol. The van der Waals surface area contributed by atoms with Gasteiger partial charge in [0.15, 0.2) is 0 Å². The lowest BCUT2D eigenvalue weighted by Gasteiger charge is -2.32. The molecule has 2 N–H and O–H groups in total. The number of fused-ring (bicyclic) bond motifs is 1. The van der Waals surface area contributed by atoms with Crippen LogP contribution in [0.15, 0.2) is 54.7 Å². The normalized spacial score (nSPS) is 28.8. The summed E-state index contributed by atoms with van der Waals surface area (Å²) in [4.78, 5) is 44.9. The van der Waals surface area contributed by atoms with Crippen LogP contribution in [-0.2, 0) is 14.4 Å². The molecule has 3 heterocycles. The Bertz CT molecular complexity index is 947. The number of imide groups is 1. The van der Waals surface area contributed by atoms with E-state index in [1.54, 1.807) is 54.7 Å². The zero-order valence-electron chi connectivity index (χ0n) is 16.3. The number of hydrogen-bond donors (Lipinski definition) is 2. The lowest BCUT2D eigenvalue weighted by atomic mass is 9.75. The SMILES string of the molecule is CC(C)CC1(C(=O)O)NC(c2ccccn2)C2C(=O)N(c3ccccc3)C(=O)C21. The van der Waals surface area contributed by atoms with Gasteiger partial charge in [-0.05, 0) is 36.6 Å². The highest BCUT2D eigenvalue weighted by Gasteiger charge is 2.68. The van der Waals surface area contributed by atoms with Crippen LogP contribution in [0.2, 0.25) is 0 Å². The maximum absolute atomic E-state index is 13.5. The molecule has 29 heavy (non-hydrogen) atoms.